The van der Waals surface area contributed by atoms with Crippen molar-refractivity contribution in [1.82, 2.24) is 4.90 Å². The van der Waals surface area contributed by atoms with Gasteiger partial charge in [-0.3, -0.25) is 24.6 Å². The Kier molecular flexibility index (Phi) is 8.21. The molecule has 0 aliphatic carbocycles. The van der Waals surface area contributed by atoms with Gasteiger partial charge in [-0.15, -0.1) is 0 Å². The molecule has 0 N–H and O–H groups in total. The molecule has 0 unspecified atom stereocenters. The number of amides is 2. The van der Waals surface area contributed by atoms with Crippen LogP contribution in [0.1, 0.15) is 11.1 Å². The van der Waals surface area contributed by atoms with Gasteiger partial charge in [-0.05, 0) is 60.7 Å². The van der Waals surface area contributed by atoms with E-state index in [2.05, 4.69) is 0 Å². The second-order valence-electron chi connectivity index (χ2n) is 8.15. The molecule has 3 aromatic rings. The number of rotatable bonds is 10. The zero-order valence-corrected chi connectivity index (χ0v) is 22.4. The van der Waals surface area contributed by atoms with Crippen LogP contribution in [0.25, 0.3) is 6.08 Å². The van der Waals surface area contributed by atoms with Crippen molar-refractivity contribution < 1.29 is 36.6 Å². The third-order valence-corrected chi connectivity index (χ3v) is 7.69. The van der Waals surface area contributed by atoms with Crippen LogP contribution in [0.5, 0.6) is 17.2 Å². The number of para-hydroxylation sites is 1. The van der Waals surface area contributed by atoms with Gasteiger partial charge in [-0.25, -0.2) is 0 Å². The molecule has 13 heteroatoms. The molecule has 1 heterocycles. The van der Waals surface area contributed by atoms with E-state index in [1.165, 1.54) is 50.4 Å². The van der Waals surface area contributed by atoms with E-state index in [9.17, 15) is 28.1 Å². The molecule has 1 fully saturated rings. The molecule has 4 rings (SSSR count). The van der Waals surface area contributed by atoms with Crippen molar-refractivity contribution in [3.63, 3.8) is 0 Å². The third-order valence-electron chi connectivity index (χ3n) is 5.55. The highest BCUT2D eigenvalue weighted by atomic mass is 32.2. The Morgan fingerprint density at radius 1 is 1.03 bits per heavy atom. The lowest BCUT2D eigenvalue weighted by molar-refractivity contribution is -0.385. The highest BCUT2D eigenvalue weighted by Crippen LogP contribution is 2.35. The first-order chi connectivity index (χ1) is 18.6. The lowest BCUT2D eigenvalue weighted by Crippen LogP contribution is -2.32. The smallest absolute Gasteiger partial charge is 0.339 e. The van der Waals surface area contributed by atoms with E-state index in [0.29, 0.717) is 16.9 Å². The van der Waals surface area contributed by atoms with Gasteiger partial charge in [0.15, 0.2) is 11.5 Å². The number of thioether (sulfide) groups is 1. The monoisotopic (exact) mass is 570 g/mol. The Labute approximate surface area is 228 Å². The Morgan fingerprint density at radius 3 is 2.46 bits per heavy atom. The summed E-state index contributed by atoms with van der Waals surface area (Å²) in [6, 6.07) is 16.7. The fraction of sp³-hybridized carbons (Fsp3) is 0.154. The number of carbonyl (C=O) groups excluding carboxylic acids is 2. The minimum atomic E-state index is -4.43. The number of imide groups is 1. The van der Waals surface area contributed by atoms with E-state index in [4.69, 9.17) is 13.7 Å². The van der Waals surface area contributed by atoms with Gasteiger partial charge in [-0.2, -0.15) is 8.42 Å². The van der Waals surface area contributed by atoms with Gasteiger partial charge in [0.1, 0.15) is 17.3 Å². The highest BCUT2D eigenvalue weighted by Gasteiger charge is 2.35. The molecule has 1 aliphatic rings. The van der Waals surface area contributed by atoms with Crippen LogP contribution in [0.3, 0.4) is 0 Å². The highest BCUT2D eigenvalue weighted by molar-refractivity contribution is 8.18. The second kappa shape index (κ2) is 11.6. The minimum absolute atomic E-state index is 0.0319. The van der Waals surface area contributed by atoms with Crippen LogP contribution in [0.4, 0.5) is 10.5 Å². The van der Waals surface area contributed by atoms with Gasteiger partial charge in [0.25, 0.3) is 16.8 Å². The van der Waals surface area contributed by atoms with Crippen molar-refractivity contribution >= 4 is 44.8 Å². The molecule has 0 bridgehead atoms. The number of nitrogens with zero attached hydrogens (tertiary/aromatic N) is 2. The number of nitro groups is 1. The number of carbonyl (C=O) groups is 2. The summed E-state index contributed by atoms with van der Waals surface area (Å²) >= 11 is 0.773. The van der Waals surface area contributed by atoms with E-state index in [0.717, 1.165) is 22.7 Å². The Bertz CT molecular complexity index is 1570. The number of aryl methyl sites for hydroxylation is 1. The van der Waals surface area contributed by atoms with Crippen molar-refractivity contribution in [2.24, 2.45) is 0 Å². The van der Waals surface area contributed by atoms with Crippen LogP contribution < -0.4 is 13.7 Å². The van der Waals surface area contributed by atoms with Crippen LogP contribution in [0.15, 0.2) is 76.5 Å². The second-order valence-corrected chi connectivity index (χ2v) is 10.7. The number of methoxy groups -OCH3 is 1. The van der Waals surface area contributed by atoms with Crippen molar-refractivity contribution in [2.45, 2.75) is 11.8 Å². The summed E-state index contributed by atoms with van der Waals surface area (Å²) in [5, 5.41) is 10.8. The molecule has 0 atom stereocenters. The van der Waals surface area contributed by atoms with Gasteiger partial charge >= 0.3 is 10.1 Å². The Morgan fingerprint density at radius 2 is 1.77 bits per heavy atom. The summed E-state index contributed by atoms with van der Waals surface area (Å²) in [5.74, 6) is 0.00926. The fourth-order valence-electron chi connectivity index (χ4n) is 3.57. The molecule has 1 aliphatic heterocycles. The lowest BCUT2D eigenvalue weighted by atomic mass is 10.2. The first-order valence-electron chi connectivity index (χ1n) is 11.4. The topological polar surface area (TPSA) is 142 Å². The summed E-state index contributed by atoms with van der Waals surface area (Å²) in [6.45, 7) is 1.69. The molecule has 0 aromatic heterocycles. The molecular formula is C26H22N2O9S2. The molecule has 0 spiro atoms. The molecule has 0 radical (unpaired) electrons. The summed E-state index contributed by atoms with van der Waals surface area (Å²) in [5.41, 5.74) is 0.394. The average Bonchev–Trinajstić information content (AvgIpc) is 3.17. The van der Waals surface area contributed by atoms with Gasteiger partial charge < -0.3 is 13.7 Å². The number of hydrogen-bond donors (Lipinski definition) is 0. The van der Waals surface area contributed by atoms with Crippen molar-refractivity contribution in [3.8, 4) is 17.2 Å². The first kappa shape index (κ1) is 27.7. The standard InChI is InChI=1S/C26H22N2O9S2/c1-17-8-10-20(16-21(17)28(31)32)39(33,34)37-22-11-9-18(14-23(22)35-2)15-24-25(29)27(26(30)38-24)12-13-36-19-6-4-3-5-7-19/h3-11,14-16H,12-13H2,1-2H3/b24-15-. The van der Waals surface area contributed by atoms with Crippen LogP contribution in [0.2, 0.25) is 0 Å². The van der Waals surface area contributed by atoms with Crippen molar-refractivity contribution in [3.05, 3.63) is 92.9 Å². The lowest BCUT2D eigenvalue weighted by Gasteiger charge is -2.13. The molecule has 39 heavy (non-hydrogen) atoms. The number of nitro benzene ring substituents is 1. The normalized spacial score (nSPS) is 14.5. The summed E-state index contributed by atoms with van der Waals surface area (Å²) in [7, 11) is -3.13. The maximum absolute atomic E-state index is 12.8. The van der Waals surface area contributed by atoms with Gasteiger partial charge in [0.05, 0.1) is 23.5 Å². The Hall–Kier alpha value is -4.36. The quantitative estimate of drug-likeness (QED) is 0.144. The van der Waals surface area contributed by atoms with Crippen LogP contribution in [0, 0.1) is 17.0 Å². The predicted octanol–water partition coefficient (Wildman–Crippen LogP) is 4.79. The molecule has 11 nitrogen and oxygen atoms in total. The van der Waals surface area contributed by atoms with Gasteiger partial charge in [0.2, 0.25) is 0 Å². The van der Waals surface area contributed by atoms with E-state index in [1.807, 2.05) is 18.2 Å². The average molecular weight is 571 g/mol. The van der Waals surface area contributed by atoms with E-state index >= 15 is 0 Å². The number of hydrogen-bond acceptors (Lipinski definition) is 10. The maximum Gasteiger partial charge on any atom is 0.339 e. The molecular weight excluding hydrogens is 548 g/mol. The van der Waals surface area contributed by atoms with E-state index in [1.54, 1.807) is 12.1 Å². The van der Waals surface area contributed by atoms with Crippen LogP contribution in [-0.2, 0) is 14.9 Å². The molecule has 2 amide bonds. The first-order valence-corrected chi connectivity index (χ1v) is 13.6. The number of benzene rings is 3. The van der Waals surface area contributed by atoms with Crippen molar-refractivity contribution in [2.75, 3.05) is 20.3 Å². The SMILES string of the molecule is COc1cc(/C=C2\SC(=O)N(CCOc3ccccc3)C2=O)ccc1OS(=O)(=O)c1ccc(C)c([N+](=O)[O-])c1. The third kappa shape index (κ3) is 6.38. The largest absolute Gasteiger partial charge is 0.493 e. The zero-order chi connectivity index (χ0) is 28.2. The Balaban J connectivity index is 1.49. The molecule has 3 aromatic carbocycles. The maximum atomic E-state index is 12.8. The molecule has 1 saturated heterocycles. The van der Waals surface area contributed by atoms with E-state index < -0.39 is 31.1 Å². The van der Waals surface area contributed by atoms with Crippen LogP contribution >= 0.6 is 11.8 Å². The fourth-order valence-corrected chi connectivity index (χ4v) is 5.39. The van der Waals surface area contributed by atoms with Crippen molar-refractivity contribution in [1.29, 1.82) is 0 Å². The van der Waals surface area contributed by atoms with Gasteiger partial charge in [0, 0.05) is 11.6 Å². The van der Waals surface area contributed by atoms with E-state index in [-0.39, 0.29) is 35.2 Å². The van der Waals surface area contributed by atoms with Crippen LogP contribution in [-0.4, -0.2) is 49.6 Å². The number of ether oxygens (including phenoxy) is 2. The summed E-state index contributed by atoms with van der Waals surface area (Å²) in [6.07, 6.45) is 1.48. The van der Waals surface area contributed by atoms with Gasteiger partial charge in [-0.1, -0.05) is 30.3 Å². The predicted molar refractivity (Wildman–Crippen MR) is 143 cm³/mol. The summed E-state index contributed by atoms with van der Waals surface area (Å²) < 4.78 is 41.6. The summed E-state index contributed by atoms with van der Waals surface area (Å²) in [4.78, 5) is 36.6. The zero-order valence-electron chi connectivity index (χ0n) is 20.7. The minimum Gasteiger partial charge on any atom is -0.493 e. The molecule has 202 valence electrons. The molecule has 0 saturated carbocycles.